The zero-order valence-electron chi connectivity index (χ0n) is 7.21. The summed E-state index contributed by atoms with van der Waals surface area (Å²) in [6, 6.07) is 0.525. The van der Waals surface area contributed by atoms with E-state index in [2.05, 4.69) is 15.5 Å². The van der Waals surface area contributed by atoms with Gasteiger partial charge in [0.1, 0.15) is 0 Å². The molecule has 12 heavy (non-hydrogen) atoms. The molecule has 1 aromatic heterocycles. The maximum absolute atomic E-state index is 4.95. The fraction of sp³-hybridized carbons (Fsp3) is 0.750. The summed E-state index contributed by atoms with van der Waals surface area (Å²) < 4.78 is 4.95. The molecule has 0 radical (unpaired) electrons. The van der Waals surface area contributed by atoms with Crippen LogP contribution in [0, 0.1) is 0 Å². The van der Waals surface area contributed by atoms with Gasteiger partial charge in [-0.25, -0.2) is 0 Å². The number of anilines is 1. The van der Waals surface area contributed by atoms with E-state index in [1.54, 1.807) is 7.05 Å². The Morgan fingerprint density at radius 2 is 2.17 bits per heavy atom. The molecule has 2 rings (SSSR count). The SMILES string of the molecule is CNc1nc(C2CCCC2)no1. The summed E-state index contributed by atoms with van der Waals surface area (Å²) in [5, 5.41) is 6.75. The Hall–Kier alpha value is -1.06. The summed E-state index contributed by atoms with van der Waals surface area (Å²) in [6.07, 6.45) is 5.02. The van der Waals surface area contributed by atoms with E-state index in [9.17, 15) is 0 Å². The fourth-order valence-electron chi connectivity index (χ4n) is 1.69. The summed E-state index contributed by atoms with van der Waals surface area (Å²) in [5.74, 6) is 1.41. The molecule has 1 fully saturated rings. The van der Waals surface area contributed by atoms with Crippen molar-refractivity contribution in [3.63, 3.8) is 0 Å². The molecule has 0 saturated heterocycles. The second-order valence-electron chi connectivity index (χ2n) is 3.19. The van der Waals surface area contributed by atoms with E-state index in [0.717, 1.165) is 5.82 Å². The molecule has 0 bridgehead atoms. The van der Waals surface area contributed by atoms with Crippen molar-refractivity contribution in [3.05, 3.63) is 5.82 Å². The lowest BCUT2D eigenvalue weighted by Gasteiger charge is -1.99. The standard InChI is InChI=1S/C8H13N3O/c1-9-8-10-7(11-12-8)6-4-2-3-5-6/h6H,2-5H2,1H3,(H,9,10,11). The maximum Gasteiger partial charge on any atom is 0.321 e. The molecule has 1 aliphatic rings. The Kier molecular flexibility index (Phi) is 1.98. The van der Waals surface area contributed by atoms with Crippen LogP contribution in [0.3, 0.4) is 0 Å². The number of nitrogens with zero attached hydrogens (tertiary/aromatic N) is 2. The van der Waals surface area contributed by atoms with E-state index >= 15 is 0 Å². The number of rotatable bonds is 2. The third-order valence-electron chi connectivity index (χ3n) is 2.38. The van der Waals surface area contributed by atoms with Crippen LogP contribution < -0.4 is 5.32 Å². The maximum atomic E-state index is 4.95. The summed E-state index contributed by atoms with van der Waals surface area (Å²) in [4.78, 5) is 4.22. The van der Waals surface area contributed by atoms with Crippen molar-refractivity contribution >= 4 is 6.01 Å². The molecule has 0 amide bonds. The molecule has 1 aromatic rings. The van der Waals surface area contributed by atoms with Gasteiger partial charge in [0.15, 0.2) is 5.82 Å². The van der Waals surface area contributed by atoms with Gasteiger partial charge in [-0.3, -0.25) is 0 Å². The molecule has 1 heterocycles. The first kappa shape index (κ1) is 7.58. The van der Waals surface area contributed by atoms with Crippen LogP contribution in [0.1, 0.15) is 37.4 Å². The Labute approximate surface area is 71.4 Å². The van der Waals surface area contributed by atoms with Gasteiger partial charge in [-0.15, -0.1) is 0 Å². The molecule has 0 spiro atoms. The Morgan fingerprint density at radius 3 is 2.75 bits per heavy atom. The van der Waals surface area contributed by atoms with Gasteiger partial charge in [0.25, 0.3) is 0 Å². The van der Waals surface area contributed by atoms with Crippen molar-refractivity contribution in [1.82, 2.24) is 10.1 Å². The molecular weight excluding hydrogens is 154 g/mol. The van der Waals surface area contributed by atoms with E-state index in [1.807, 2.05) is 0 Å². The first-order valence-electron chi connectivity index (χ1n) is 4.41. The van der Waals surface area contributed by atoms with E-state index in [1.165, 1.54) is 25.7 Å². The number of aromatic nitrogens is 2. The quantitative estimate of drug-likeness (QED) is 0.729. The second kappa shape index (κ2) is 3.13. The zero-order chi connectivity index (χ0) is 8.39. The fourth-order valence-corrected chi connectivity index (χ4v) is 1.69. The molecule has 1 saturated carbocycles. The van der Waals surface area contributed by atoms with E-state index in [-0.39, 0.29) is 0 Å². The lowest BCUT2D eigenvalue weighted by molar-refractivity contribution is 0.417. The van der Waals surface area contributed by atoms with E-state index in [4.69, 9.17) is 4.52 Å². The minimum absolute atomic E-state index is 0.525. The molecule has 0 aromatic carbocycles. The summed E-state index contributed by atoms with van der Waals surface area (Å²) >= 11 is 0. The molecule has 0 unspecified atom stereocenters. The number of hydrogen-bond donors (Lipinski definition) is 1. The van der Waals surface area contributed by atoms with Crippen molar-refractivity contribution in [2.75, 3.05) is 12.4 Å². The molecule has 1 aliphatic carbocycles. The summed E-state index contributed by atoms with van der Waals surface area (Å²) in [7, 11) is 1.78. The van der Waals surface area contributed by atoms with Gasteiger partial charge in [-0.1, -0.05) is 18.0 Å². The van der Waals surface area contributed by atoms with Gasteiger partial charge in [0.2, 0.25) is 0 Å². The lowest BCUT2D eigenvalue weighted by atomic mass is 10.1. The van der Waals surface area contributed by atoms with Crippen LogP contribution in [-0.4, -0.2) is 17.2 Å². The highest BCUT2D eigenvalue weighted by atomic mass is 16.5. The Bertz CT molecular complexity index is 253. The predicted octanol–water partition coefficient (Wildman–Crippen LogP) is 1.77. The van der Waals surface area contributed by atoms with Crippen LogP contribution in [-0.2, 0) is 0 Å². The van der Waals surface area contributed by atoms with Gasteiger partial charge in [-0.05, 0) is 12.8 Å². The van der Waals surface area contributed by atoms with Gasteiger partial charge in [0, 0.05) is 13.0 Å². The van der Waals surface area contributed by atoms with Crippen LogP contribution in [0.15, 0.2) is 4.52 Å². The van der Waals surface area contributed by atoms with Gasteiger partial charge >= 0.3 is 6.01 Å². The van der Waals surface area contributed by atoms with Crippen molar-refractivity contribution < 1.29 is 4.52 Å². The van der Waals surface area contributed by atoms with Crippen LogP contribution >= 0.6 is 0 Å². The average Bonchev–Trinajstić information content (AvgIpc) is 2.75. The minimum Gasteiger partial charge on any atom is -0.341 e. The molecule has 0 atom stereocenters. The summed E-state index contributed by atoms with van der Waals surface area (Å²) in [6.45, 7) is 0. The monoisotopic (exact) mass is 167 g/mol. The third kappa shape index (κ3) is 1.29. The number of hydrogen-bond acceptors (Lipinski definition) is 4. The minimum atomic E-state index is 0.525. The molecular formula is C8H13N3O. The van der Waals surface area contributed by atoms with Crippen LogP contribution in [0.2, 0.25) is 0 Å². The molecule has 1 N–H and O–H groups in total. The topological polar surface area (TPSA) is 51.0 Å². The zero-order valence-corrected chi connectivity index (χ0v) is 7.21. The van der Waals surface area contributed by atoms with Gasteiger partial charge < -0.3 is 9.84 Å². The van der Waals surface area contributed by atoms with E-state index < -0.39 is 0 Å². The normalized spacial score (nSPS) is 18.4. The van der Waals surface area contributed by atoms with Crippen molar-refractivity contribution in [2.45, 2.75) is 31.6 Å². The summed E-state index contributed by atoms with van der Waals surface area (Å²) in [5.41, 5.74) is 0. The predicted molar refractivity (Wildman–Crippen MR) is 45.1 cm³/mol. The van der Waals surface area contributed by atoms with Gasteiger partial charge in [-0.2, -0.15) is 4.98 Å². The highest BCUT2D eigenvalue weighted by Crippen LogP contribution is 2.32. The first-order valence-corrected chi connectivity index (χ1v) is 4.41. The van der Waals surface area contributed by atoms with Crippen LogP contribution in [0.25, 0.3) is 0 Å². The van der Waals surface area contributed by atoms with E-state index in [0.29, 0.717) is 11.9 Å². The highest BCUT2D eigenvalue weighted by Gasteiger charge is 2.21. The third-order valence-corrected chi connectivity index (χ3v) is 2.38. The average molecular weight is 167 g/mol. The largest absolute Gasteiger partial charge is 0.341 e. The van der Waals surface area contributed by atoms with Gasteiger partial charge in [0.05, 0.1) is 0 Å². The van der Waals surface area contributed by atoms with Crippen molar-refractivity contribution in [2.24, 2.45) is 0 Å². The molecule has 0 aliphatic heterocycles. The lowest BCUT2D eigenvalue weighted by Crippen LogP contribution is -1.95. The first-order chi connectivity index (χ1) is 5.90. The van der Waals surface area contributed by atoms with Crippen molar-refractivity contribution in [3.8, 4) is 0 Å². The molecule has 66 valence electrons. The molecule has 4 heteroatoms. The van der Waals surface area contributed by atoms with Crippen LogP contribution in [0.4, 0.5) is 6.01 Å². The highest BCUT2D eigenvalue weighted by molar-refractivity contribution is 5.17. The second-order valence-corrected chi connectivity index (χ2v) is 3.19. The molecule has 4 nitrogen and oxygen atoms in total. The van der Waals surface area contributed by atoms with Crippen molar-refractivity contribution in [1.29, 1.82) is 0 Å². The number of nitrogens with one attached hydrogen (secondary N) is 1. The Balaban J connectivity index is 2.11. The smallest absolute Gasteiger partial charge is 0.321 e. The Morgan fingerprint density at radius 1 is 1.42 bits per heavy atom. The van der Waals surface area contributed by atoms with Crippen LogP contribution in [0.5, 0.6) is 0 Å².